The maximum atomic E-state index is 5.03. The van der Waals surface area contributed by atoms with Crippen LogP contribution in [0.15, 0.2) is 0 Å². The van der Waals surface area contributed by atoms with Crippen molar-refractivity contribution in [2.45, 2.75) is 79.1 Å². The Hall–Kier alpha value is 1.76. The van der Waals surface area contributed by atoms with Gasteiger partial charge in [-0.15, -0.1) is 0 Å². The molecule has 0 aromatic carbocycles. The van der Waals surface area contributed by atoms with E-state index in [1.165, 1.54) is 82.0 Å². The van der Waals surface area contributed by atoms with Gasteiger partial charge in [-0.25, -0.2) is 0 Å². The zero-order valence-corrected chi connectivity index (χ0v) is 20.5. The number of nitrogens with zero attached hydrogens (tertiary/aromatic N) is 1. The van der Waals surface area contributed by atoms with Crippen LogP contribution >= 0.6 is 38.6 Å². The van der Waals surface area contributed by atoms with E-state index in [1.807, 2.05) is 0 Å². The van der Waals surface area contributed by atoms with Crippen molar-refractivity contribution in [2.24, 2.45) is 0 Å². The molecule has 0 heterocycles. The van der Waals surface area contributed by atoms with Crippen LogP contribution in [-0.2, 0) is 0 Å². The van der Waals surface area contributed by atoms with Gasteiger partial charge in [-0.3, -0.25) is 0 Å². The molecule has 22 heavy (non-hydrogen) atoms. The maximum absolute atomic E-state index is 5.03. The number of halogens is 4. The molecule has 0 aliphatic carbocycles. The zero-order valence-electron chi connectivity index (χ0n) is 15.0. The summed E-state index contributed by atoms with van der Waals surface area (Å²) in [6, 6.07) is 0. The Balaban J connectivity index is 0. The SMILES string of the molecule is CCCC[N+](CCCC)(CCCC)CCCC.[Cl][Ga-]([Cl])([Cl])[Cl]. The summed E-state index contributed by atoms with van der Waals surface area (Å²) in [6.07, 6.45) is 11.1. The van der Waals surface area contributed by atoms with E-state index in [9.17, 15) is 0 Å². The number of hydrogen-bond acceptors (Lipinski definition) is 0. The molecule has 0 aliphatic rings. The zero-order chi connectivity index (χ0) is 17.5. The van der Waals surface area contributed by atoms with E-state index in [-0.39, 0.29) is 0 Å². The van der Waals surface area contributed by atoms with Gasteiger partial charge in [0, 0.05) is 0 Å². The van der Waals surface area contributed by atoms with Crippen molar-refractivity contribution in [3.05, 3.63) is 0 Å². The fraction of sp³-hybridized carbons (Fsp3) is 1.00. The Morgan fingerprint density at radius 1 is 0.545 bits per heavy atom. The first-order valence-corrected chi connectivity index (χ1v) is 21.7. The minimum atomic E-state index is -3.24. The van der Waals surface area contributed by atoms with Crippen LogP contribution in [0.25, 0.3) is 0 Å². The molecule has 0 unspecified atom stereocenters. The van der Waals surface area contributed by atoms with Crippen molar-refractivity contribution in [3.8, 4) is 0 Å². The third-order valence-corrected chi connectivity index (χ3v) is 3.94. The molecule has 0 saturated carbocycles. The van der Waals surface area contributed by atoms with E-state index in [2.05, 4.69) is 27.7 Å². The molecule has 0 fully saturated rings. The van der Waals surface area contributed by atoms with Gasteiger partial charge in [0.05, 0.1) is 26.2 Å². The molecule has 0 spiro atoms. The summed E-state index contributed by atoms with van der Waals surface area (Å²) < 4.78 is 1.42. The normalized spacial score (nSPS) is 12.0. The van der Waals surface area contributed by atoms with Crippen LogP contribution in [0.1, 0.15) is 79.1 Å². The molecule has 0 aromatic rings. The quantitative estimate of drug-likeness (QED) is 0.213. The van der Waals surface area contributed by atoms with E-state index in [4.69, 9.17) is 38.6 Å². The summed E-state index contributed by atoms with van der Waals surface area (Å²) in [6.45, 7) is 15.0. The summed E-state index contributed by atoms with van der Waals surface area (Å²) in [5, 5.41) is 0. The van der Waals surface area contributed by atoms with Crippen molar-refractivity contribution in [2.75, 3.05) is 26.2 Å². The van der Waals surface area contributed by atoms with Crippen LogP contribution in [-0.4, -0.2) is 41.7 Å². The Bertz CT molecular complexity index is 191. The van der Waals surface area contributed by atoms with Crippen LogP contribution in [0, 0.1) is 0 Å². The number of rotatable bonds is 12. The fourth-order valence-electron chi connectivity index (χ4n) is 2.64. The number of hydrogen-bond donors (Lipinski definition) is 0. The van der Waals surface area contributed by atoms with E-state index < -0.39 is 11.0 Å². The van der Waals surface area contributed by atoms with E-state index in [1.54, 1.807) is 0 Å². The van der Waals surface area contributed by atoms with Gasteiger partial charge in [0.2, 0.25) is 0 Å². The standard InChI is InChI=1S/C16H36N.4ClH.Ga/c1-5-9-13-17(14-10-6-2,15-11-7-3)16-12-8-4;;;;;/h5-16H2,1-4H3;4*1H;/q+1;;;;;+3/p-4. The second kappa shape index (κ2) is 16.2. The van der Waals surface area contributed by atoms with Gasteiger partial charge < -0.3 is 4.48 Å². The predicted octanol–water partition coefficient (Wildman–Crippen LogP) is 7.38. The van der Waals surface area contributed by atoms with E-state index in [0.717, 1.165) is 0 Å². The van der Waals surface area contributed by atoms with Crippen molar-refractivity contribution in [1.29, 1.82) is 0 Å². The number of quaternary nitrogens is 1. The van der Waals surface area contributed by atoms with Crippen molar-refractivity contribution >= 4 is 49.6 Å². The summed E-state index contributed by atoms with van der Waals surface area (Å²) in [5.74, 6) is 0. The van der Waals surface area contributed by atoms with Crippen LogP contribution in [0.4, 0.5) is 0 Å². The van der Waals surface area contributed by atoms with Gasteiger partial charge in [-0.05, 0) is 25.7 Å². The topological polar surface area (TPSA) is 0 Å². The van der Waals surface area contributed by atoms with Crippen LogP contribution < -0.4 is 0 Å². The first kappa shape index (κ1) is 26.0. The van der Waals surface area contributed by atoms with Crippen molar-refractivity contribution in [3.63, 3.8) is 0 Å². The molecule has 0 aliphatic heterocycles. The summed E-state index contributed by atoms with van der Waals surface area (Å²) >= 11 is -3.24. The van der Waals surface area contributed by atoms with E-state index in [0.29, 0.717) is 0 Å². The number of unbranched alkanes of at least 4 members (excludes halogenated alkanes) is 4. The molecular formula is C16H36Cl4GaN. The Morgan fingerprint density at radius 2 is 0.727 bits per heavy atom. The van der Waals surface area contributed by atoms with Gasteiger partial charge in [0.25, 0.3) is 0 Å². The van der Waals surface area contributed by atoms with Crippen LogP contribution in [0.5, 0.6) is 0 Å². The Kier molecular flexibility index (Phi) is 19.2. The molecule has 0 bridgehead atoms. The van der Waals surface area contributed by atoms with Gasteiger partial charge in [0.1, 0.15) is 0 Å². The first-order valence-electron chi connectivity index (χ1n) is 8.97. The molecule has 0 N–H and O–H groups in total. The summed E-state index contributed by atoms with van der Waals surface area (Å²) in [4.78, 5) is 0. The van der Waals surface area contributed by atoms with Gasteiger partial charge in [0.15, 0.2) is 0 Å². The Labute approximate surface area is 158 Å². The Morgan fingerprint density at radius 3 is 0.864 bits per heavy atom. The molecule has 0 rings (SSSR count). The van der Waals surface area contributed by atoms with Gasteiger partial charge in [-0.1, -0.05) is 53.4 Å². The van der Waals surface area contributed by atoms with Gasteiger partial charge >= 0.3 is 49.6 Å². The minimum absolute atomic E-state index is 1.35. The molecule has 0 amide bonds. The average Bonchev–Trinajstić information content (AvgIpc) is 2.44. The van der Waals surface area contributed by atoms with Crippen LogP contribution in [0.3, 0.4) is 0 Å². The molecule has 0 radical (unpaired) electrons. The monoisotopic (exact) mass is 451 g/mol. The second-order valence-corrected chi connectivity index (χ2v) is 28.8. The van der Waals surface area contributed by atoms with Crippen LogP contribution in [0.2, 0.25) is 0 Å². The average molecular weight is 454 g/mol. The molecule has 1 nitrogen and oxygen atoms in total. The third-order valence-electron chi connectivity index (χ3n) is 3.94. The summed E-state index contributed by atoms with van der Waals surface area (Å²) in [7, 11) is 20.1. The molecule has 0 atom stereocenters. The molecular weight excluding hydrogens is 418 g/mol. The predicted molar refractivity (Wildman–Crippen MR) is 109 cm³/mol. The molecule has 6 heteroatoms. The summed E-state index contributed by atoms with van der Waals surface area (Å²) in [5.41, 5.74) is 0. The third kappa shape index (κ3) is 19.8. The molecule has 0 saturated heterocycles. The fourth-order valence-corrected chi connectivity index (χ4v) is 2.64. The molecule has 0 aromatic heterocycles. The van der Waals surface area contributed by atoms with Gasteiger partial charge in [-0.2, -0.15) is 0 Å². The van der Waals surface area contributed by atoms with Crippen molar-refractivity contribution < 1.29 is 4.48 Å². The second-order valence-electron chi connectivity index (χ2n) is 6.15. The van der Waals surface area contributed by atoms with Crippen molar-refractivity contribution in [1.82, 2.24) is 0 Å². The van der Waals surface area contributed by atoms with E-state index >= 15 is 0 Å². The first-order chi connectivity index (χ1) is 10.2. The molecule has 136 valence electrons.